The van der Waals surface area contributed by atoms with Gasteiger partial charge < -0.3 is 11.1 Å². The second-order valence-electron chi connectivity index (χ2n) is 2.52. The lowest BCUT2D eigenvalue weighted by atomic mass is 10.1. The fourth-order valence-electron chi connectivity index (χ4n) is 0.970. The van der Waals surface area contributed by atoms with E-state index in [1.807, 2.05) is 0 Å². The minimum Gasteiger partial charge on any atom is -0.396 e. The molecule has 0 fully saturated rings. The van der Waals surface area contributed by atoms with Crippen LogP contribution in [0.3, 0.4) is 0 Å². The van der Waals surface area contributed by atoms with Crippen LogP contribution >= 0.6 is 15.9 Å². The van der Waals surface area contributed by atoms with E-state index in [0.717, 1.165) is 6.07 Å². The molecule has 1 amide bonds. The van der Waals surface area contributed by atoms with Gasteiger partial charge in [-0.3, -0.25) is 4.79 Å². The number of halogens is 3. The maximum absolute atomic E-state index is 13.2. The normalized spacial score (nSPS) is 10.0. The quantitative estimate of drug-likeness (QED) is 0.599. The topological polar surface area (TPSA) is 55.1 Å². The largest absolute Gasteiger partial charge is 0.396 e. The lowest BCUT2D eigenvalue weighted by Crippen LogP contribution is -2.21. The van der Waals surface area contributed by atoms with Gasteiger partial charge in [-0.25, -0.2) is 8.78 Å². The predicted molar refractivity (Wildman–Crippen MR) is 51.9 cm³/mol. The Bertz CT molecular complexity index is 395. The number of amides is 1. The third-order valence-electron chi connectivity index (χ3n) is 1.66. The Balaban J connectivity index is 3.44. The van der Waals surface area contributed by atoms with Gasteiger partial charge in [0.15, 0.2) is 5.82 Å². The molecule has 0 bridgehead atoms. The van der Waals surface area contributed by atoms with Gasteiger partial charge in [-0.1, -0.05) is 0 Å². The van der Waals surface area contributed by atoms with E-state index in [2.05, 4.69) is 21.2 Å². The Labute approximate surface area is 87.4 Å². The molecule has 76 valence electrons. The number of carbonyl (C=O) groups is 1. The summed E-state index contributed by atoms with van der Waals surface area (Å²) < 4.78 is 26.2. The first-order valence-corrected chi connectivity index (χ1v) is 4.43. The number of nitrogen functional groups attached to an aromatic ring is 1. The fraction of sp³-hybridized carbons (Fsp3) is 0.125. The second-order valence-corrected chi connectivity index (χ2v) is 3.38. The molecule has 6 heteroatoms. The van der Waals surface area contributed by atoms with Crippen molar-refractivity contribution in [3.8, 4) is 0 Å². The third kappa shape index (κ3) is 1.70. The first-order valence-electron chi connectivity index (χ1n) is 3.64. The number of rotatable bonds is 1. The van der Waals surface area contributed by atoms with E-state index in [1.165, 1.54) is 7.05 Å². The molecule has 3 N–H and O–H groups in total. The van der Waals surface area contributed by atoms with Gasteiger partial charge in [0.25, 0.3) is 5.91 Å². The molecule has 0 aromatic heterocycles. The van der Waals surface area contributed by atoms with Crippen LogP contribution in [-0.2, 0) is 0 Å². The summed E-state index contributed by atoms with van der Waals surface area (Å²) in [6.07, 6.45) is 0. The van der Waals surface area contributed by atoms with E-state index < -0.39 is 28.8 Å². The summed E-state index contributed by atoms with van der Waals surface area (Å²) in [5.41, 5.74) is 4.27. The summed E-state index contributed by atoms with van der Waals surface area (Å²) >= 11 is 2.78. The minimum absolute atomic E-state index is 0.111. The molecule has 0 spiro atoms. The van der Waals surface area contributed by atoms with Crippen LogP contribution in [0.1, 0.15) is 10.4 Å². The Morgan fingerprint density at radius 3 is 2.64 bits per heavy atom. The Kier molecular flexibility index (Phi) is 3.05. The standard InChI is InChI=1S/C8H7BrF2N2O/c1-13-8(14)5-4(10)2-3(9)6(11)7(5)12/h2H,12H2,1H3,(H,13,14). The number of carbonyl (C=O) groups excluding carboxylic acids is 1. The highest BCUT2D eigenvalue weighted by molar-refractivity contribution is 9.10. The molecule has 0 radical (unpaired) electrons. The summed E-state index contributed by atoms with van der Waals surface area (Å²) in [7, 11) is 1.31. The molecule has 0 aliphatic carbocycles. The molecule has 1 aromatic carbocycles. The van der Waals surface area contributed by atoms with Gasteiger partial charge in [0.2, 0.25) is 0 Å². The van der Waals surface area contributed by atoms with Gasteiger partial charge in [-0.15, -0.1) is 0 Å². The molecular formula is C8H7BrF2N2O. The van der Waals surface area contributed by atoms with Crippen molar-refractivity contribution in [1.29, 1.82) is 0 Å². The average Bonchev–Trinajstić information content (AvgIpc) is 2.14. The summed E-state index contributed by atoms with van der Waals surface area (Å²) in [4.78, 5) is 11.1. The predicted octanol–water partition coefficient (Wildman–Crippen LogP) is 1.67. The number of hydrogen-bond donors (Lipinski definition) is 2. The van der Waals surface area contributed by atoms with Gasteiger partial charge in [0, 0.05) is 7.05 Å². The molecular weight excluding hydrogens is 258 g/mol. The number of anilines is 1. The van der Waals surface area contributed by atoms with E-state index in [4.69, 9.17) is 5.73 Å². The summed E-state index contributed by atoms with van der Waals surface area (Å²) in [6, 6.07) is 0.857. The first-order chi connectivity index (χ1) is 6.49. The van der Waals surface area contributed by atoms with Crippen LogP contribution in [0.15, 0.2) is 10.5 Å². The first kappa shape index (κ1) is 10.9. The van der Waals surface area contributed by atoms with Crippen molar-refractivity contribution in [2.24, 2.45) is 0 Å². The molecule has 14 heavy (non-hydrogen) atoms. The van der Waals surface area contributed by atoms with E-state index in [-0.39, 0.29) is 4.47 Å². The molecule has 0 atom stereocenters. The fourth-order valence-corrected chi connectivity index (χ4v) is 1.38. The van der Waals surface area contributed by atoms with Crippen molar-refractivity contribution in [1.82, 2.24) is 5.32 Å². The highest BCUT2D eigenvalue weighted by atomic mass is 79.9. The van der Waals surface area contributed by atoms with Crippen LogP contribution in [0.25, 0.3) is 0 Å². The van der Waals surface area contributed by atoms with Crippen LogP contribution in [0.4, 0.5) is 14.5 Å². The zero-order valence-corrected chi connectivity index (χ0v) is 8.78. The lowest BCUT2D eigenvalue weighted by molar-refractivity contribution is 0.0959. The van der Waals surface area contributed by atoms with Crippen LogP contribution in [0, 0.1) is 11.6 Å². The van der Waals surface area contributed by atoms with Crippen LogP contribution < -0.4 is 11.1 Å². The molecule has 0 saturated carbocycles. The van der Waals surface area contributed by atoms with E-state index in [1.54, 1.807) is 0 Å². The van der Waals surface area contributed by atoms with Crippen molar-refractivity contribution in [3.63, 3.8) is 0 Å². The van der Waals surface area contributed by atoms with Gasteiger partial charge in [-0.05, 0) is 22.0 Å². The van der Waals surface area contributed by atoms with Gasteiger partial charge >= 0.3 is 0 Å². The summed E-state index contributed by atoms with van der Waals surface area (Å²) in [5.74, 6) is -2.47. The van der Waals surface area contributed by atoms with Crippen LogP contribution in [0.2, 0.25) is 0 Å². The van der Waals surface area contributed by atoms with Crippen molar-refractivity contribution in [2.45, 2.75) is 0 Å². The van der Waals surface area contributed by atoms with Crippen LogP contribution in [0.5, 0.6) is 0 Å². The highest BCUT2D eigenvalue weighted by Gasteiger charge is 2.19. The monoisotopic (exact) mass is 264 g/mol. The van der Waals surface area contributed by atoms with Crippen LogP contribution in [-0.4, -0.2) is 13.0 Å². The zero-order chi connectivity index (χ0) is 10.9. The maximum Gasteiger partial charge on any atom is 0.256 e. The molecule has 1 rings (SSSR count). The number of nitrogens with two attached hydrogens (primary N) is 1. The number of nitrogens with one attached hydrogen (secondary N) is 1. The Morgan fingerprint density at radius 2 is 2.14 bits per heavy atom. The molecule has 0 aliphatic rings. The molecule has 0 unspecified atom stereocenters. The minimum atomic E-state index is -0.866. The summed E-state index contributed by atoms with van der Waals surface area (Å²) in [6.45, 7) is 0. The third-order valence-corrected chi connectivity index (χ3v) is 2.24. The van der Waals surface area contributed by atoms with Crippen molar-refractivity contribution < 1.29 is 13.6 Å². The molecule has 0 saturated heterocycles. The van der Waals surface area contributed by atoms with Crippen molar-refractivity contribution in [2.75, 3.05) is 12.8 Å². The number of hydrogen-bond acceptors (Lipinski definition) is 2. The van der Waals surface area contributed by atoms with E-state index in [9.17, 15) is 13.6 Å². The molecule has 0 aliphatic heterocycles. The van der Waals surface area contributed by atoms with E-state index >= 15 is 0 Å². The number of benzene rings is 1. The van der Waals surface area contributed by atoms with Gasteiger partial charge in [-0.2, -0.15) is 0 Å². The highest BCUT2D eigenvalue weighted by Crippen LogP contribution is 2.27. The second kappa shape index (κ2) is 3.91. The van der Waals surface area contributed by atoms with Crippen molar-refractivity contribution in [3.05, 3.63) is 27.7 Å². The molecule has 0 heterocycles. The SMILES string of the molecule is CNC(=O)c1c(F)cc(Br)c(F)c1N. The average molecular weight is 265 g/mol. The lowest BCUT2D eigenvalue weighted by Gasteiger charge is -2.07. The maximum atomic E-state index is 13.2. The molecule has 1 aromatic rings. The smallest absolute Gasteiger partial charge is 0.256 e. The van der Waals surface area contributed by atoms with Gasteiger partial charge in [0.1, 0.15) is 11.4 Å². The summed E-state index contributed by atoms with van der Waals surface area (Å²) in [5, 5.41) is 2.17. The molecule has 3 nitrogen and oxygen atoms in total. The van der Waals surface area contributed by atoms with E-state index in [0.29, 0.717) is 0 Å². The Morgan fingerprint density at radius 1 is 1.57 bits per heavy atom. The van der Waals surface area contributed by atoms with Crippen molar-refractivity contribution >= 4 is 27.5 Å². The zero-order valence-electron chi connectivity index (χ0n) is 7.20. The Hall–Kier alpha value is -1.17. The van der Waals surface area contributed by atoms with Gasteiger partial charge in [0.05, 0.1) is 10.2 Å².